The maximum absolute atomic E-state index is 13.2. The van der Waals surface area contributed by atoms with Gasteiger partial charge in [-0.3, -0.25) is 14.4 Å². The van der Waals surface area contributed by atoms with Crippen molar-refractivity contribution in [3.63, 3.8) is 0 Å². The Morgan fingerprint density at radius 3 is 2.03 bits per heavy atom. The zero-order valence-corrected chi connectivity index (χ0v) is 20.4. The highest BCUT2D eigenvalue weighted by Gasteiger charge is 2.19. The molecule has 3 N–H and O–H groups in total. The quantitative estimate of drug-likeness (QED) is 0.402. The van der Waals surface area contributed by atoms with Gasteiger partial charge in [-0.05, 0) is 62.6 Å². The molecule has 1 aliphatic rings. The lowest BCUT2D eigenvalue weighted by atomic mass is 10.0. The van der Waals surface area contributed by atoms with Crippen LogP contribution in [0.5, 0.6) is 11.5 Å². The van der Waals surface area contributed by atoms with Crippen molar-refractivity contribution in [1.82, 2.24) is 0 Å². The number of hydrogen-bond donors (Lipinski definition) is 3. The first-order valence-electron chi connectivity index (χ1n) is 12.0. The SMILES string of the molecule is CCOc1cc(NC(=O)c2ccc3c(c2)CCCC(=O)N3)c(OCC)cc1NC(=O)c1ccccc1. The number of rotatable bonds is 8. The molecule has 0 saturated carbocycles. The number of amides is 3. The minimum absolute atomic E-state index is 0.0183. The topological polar surface area (TPSA) is 106 Å². The van der Waals surface area contributed by atoms with Gasteiger partial charge in [0.1, 0.15) is 11.5 Å². The molecular formula is C28H29N3O5. The van der Waals surface area contributed by atoms with Crippen LogP contribution in [0.4, 0.5) is 17.1 Å². The van der Waals surface area contributed by atoms with Crippen molar-refractivity contribution >= 4 is 34.8 Å². The third-order valence-corrected chi connectivity index (χ3v) is 5.71. The van der Waals surface area contributed by atoms with Crippen molar-refractivity contribution in [3.8, 4) is 11.5 Å². The second-order valence-electron chi connectivity index (χ2n) is 8.26. The molecule has 1 aliphatic heterocycles. The van der Waals surface area contributed by atoms with E-state index < -0.39 is 0 Å². The molecule has 4 rings (SSSR count). The number of carbonyl (C=O) groups is 3. The van der Waals surface area contributed by atoms with E-state index in [4.69, 9.17) is 9.47 Å². The van der Waals surface area contributed by atoms with Gasteiger partial charge < -0.3 is 25.4 Å². The Bertz CT molecular complexity index is 1270. The first-order valence-corrected chi connectivity index (χ1v) is 12.0. The number of fused-ring (bicyclic) bond motifs is 1. The van der Waals surface area contributed by atoms with Crippen LogP contribution in [0.1, 0.15) is 53.0 Å². The predicted octanol–water partition coefficient (Wildman–Crippen LogP) is 5.26. The Kier molecular flexibility index (Phi) is 7.85. The smallest absolute Gasteiger partial charge is 0.255 e. The molecule has 0 atom stereocenters. The lowest BCUT2D eigenvalue weighted by molar-refractivity contribution is -0.116. The van der Waals surface area contributed by atoms with Crippen molar-refractivity contribution < 1.29 is 23.9 Å². The van der Waals surface area contributed by atoms with Crippen LogP contribution in [-0.2, 0) is 11.2 Å². The third kappa shape index (κ3) is 5.83. The molecular weight excluding hydrogens is 458 g/mol. The van der Waals surface area contributed by atoms with E-state index in [1.165, 1.54) is 0 Å². The van der Waals surface area contributed by atoms with Gasteiger partial charge in [0.15, 0.2) is 0 Å². The van der Waals surface area contributed by atoms with Crippen LogP contribution < -0.4 is 25.4 Å². The maximum atomic E-state index is 13.2. The Balaban J connectivity index is 1.61. The molecule has 1 heterocycles. The minimum atomic E-state index is -0.321. The van der Waals surface area contributed by atoms with E-state index in [-0.39, 0.29) is 17.7 Å². The van der Waals surface area contributed by atoms with Crippen LogP contribution in [0, 0.1) is 0 Å². The molecule has 0 aromatic heterocycles. The highest BCUT2D eigenvalue weighted by atomic mass is 16.5. The number of benzene rings is 3. The van der Waals surface area contributed by atoms with Crippen LogP contribution >= 0.6 is 0 Å². The first kappa shape index (κ1) is 24.8. The second kappa shape index (κ2) is 11.4. The summed E-state index contributed by atoms with van der Waals surface area (Å²) < 4.78 is 11.6. The third-order valence-electron chi connectivity index (χ3n) is 5.71. The van der Waals surface area contributed by atoms with Gasteiger partial charge in [0.25, 0.3) is 11.8 Å². The summed E-state index contributed by atoms with van der Waals surface area (Å²) in [6.07, 6.45) is 1.90. The number of hydrogen-bond acceptors (Lipinski definition) is 5. The lowest BCUT2D eigenvalue weighted by Crippen LogP contribution is -2.16. The molecule has 0 fully saturated rings. The van der Waals surface area contributed by atoms with E-state index in [2.05, 4.69) is 16.0 Å². The Morgan fingerprint density at radius 1 is 0.806 bits per heavy atom. The molecule has 0 bridgehead atoms. The number of anilines is 3. The molecule has 8 heteroatoms. The fourth-order valence-corrected chi connectivity index (χ4v) is 4.00. The highest BCUT2D eigenvalue weighted by Crippen LogP contribution is 2.37. The minimum Gasteiger partial charge on any atom is -0.492 e. The van der Waals surface area contributed by atoms with Gasteiger partial charge in [0.05, 0.1) is 24.6 Å². The summed E-state index contributed by atoms with van der Waals surface area (Å²) in [7, 11) is 0. The molecule has 3 aromatic carbocycles. The van der Waals surface area contributed by atoms with Crippen LogP contribution in [0.15, 0.2) is 60.7 Å². The molecule has 3 aromatic rings. The Labute approximate surface area is 210 Å². The van der Waals surface area contributed by atoms with Gasteiger partial charge in [0.2, 0.25) is 5.91 Å². The van der Waals surface area contributed by atoms with Crippen molar-refractivity contribution in [1.29, 1.82) is 0 Å². The number of ether oxygens (including phenoxy) is 2. The average molecular weight is 488 g/mol. The van der Waals surface area contributed by atoms with Gasteiger partial charge >= 0.3 is 0 Å². The first-order chi connectivity index (χ1) is 17.5. The van der Waals surface area contributed by atoms with E-state index in [0.29, 0.717) is 60.1 Å². The van der Waals surface area contributed by atoms with Crippen molar-refractivity contribution in [2.75, 3.05) is 29.2 Å². The number of nitrogens with one attached hydrogen (secondary N) is 3. The molecule has 0 aliphatic carbocycles. The maximum Gasteiger partial charge on any atom is 0.255 e. The lowest BCUT2D eigenvalue weighted by Gasteiger charge is -2.18. The van der Waals surface area contributed by atoms with Crippen molar-refractivity contribution in [3.05, 3.63) is 77.4 Å². The molecule has 36 heavy (non-hydrogen) atoms. The van der Waals surface area contributed by atoms with Crippen LogP contribution in [0.3, 0.4) is 0 Å². The molecule has 8 nitrogen and oxygen atoms in total. The van der Waals surface area contributed by atoms with E-state index in [1.54, 1.807) is 54.6 Å². The van der Waals surface area contributed by atoms with Gasteiger partial charge in [0, 0.05) is 35.4 Å². The molecule has 0 spiro atoms. The highest BCUT2D eigenvalue weighted by molar-refractivity contribution is 6.08. The Morgan fingerprint density at radius 2 is 1.42 bits per heavy atom. The predicted molar refractivity (Wildman–Crippen MR) is 139 cm³/mol. The molecule has 3 amide bonds. The summed E-state index contributed by atoms with van der Waals surface area (Å²) in [5, 5.41) is 8.66. The average Bonchev–Trinajstić information content (AvgIpc) is 3.07. The second-order valence-corrected chi connectivity index (χ2v) is 8.26. The summed E-state index contributed by atoms with van der Waals surface area (Å²) in [6, 6.07) is 17.4. The normalized spacial score (nSPS) is 12.6. The summed E-state index contributed by atoms with van der Waals surface area (Å²) in [6.45, 7) is 4.41. The van der Waals surface area contributed by atoms with Crippen LogP contribution in [0.25, 0.3) is 0 Å². The fourth-order valence-electron chi connectivity index (χ4n) is 4.00. The van der Waals surface area contributed by atoms with Crippen LogP contribution in [0.2, 0.25) is 0 Å². The van der Waals surface area contributed by atoms with E-state index in [1.807, 2.05) is 19.9 Å². The zero-order chi connectivity index (χ0) is 25.5. The summed E-state index contributed by atoms with van der Waals surface area (Å²) in [4.78, 5) is 37.7. The van der Waals surface area contributed by atoms with Crippen LogP contribution in [-0.4, -0.2) is 30.9 Å². The van der Waals surface area contributed by atoms with Gasteiger partial charge in [-0.25, -0.2) is 0 Å². The molecule has 186 valence electrons. The summed E-state index contributed by atoms with van der Waals surface area (Å²) in [5.41, 5.74) is 3.49. The molecule has 0 saturated heterocycles. The Hall–Kier alpha value is -4.33. The standard InChI is InChI=1S/C28H29N3O5/c1-3-35-24-17-23(25(36-4-2)16-22(24)30-27(33)18-9-6-5-7-10-18)31-28(34)20-13-14-21-19(15-20)11-8-12-26(32)29-21/h5-7,9-10,13-17H,3-4,8,11-12H2,1-2H3,(H,29,32)(H,30,33)(H,31,34). The summed E-state index contributed by atoms with van der Waals surface area (Å²) in [5.74, 6) is 0.186. The van der Waals surface area contributed by atoms with Crippen molar-refractivity contribution in [2.45, 2.75) is 33.1 Å². The van der Waals surface area contributed by atoms with Gasteiger partial charge in [-0.1, -0.05) is 18.2 Å². The van der Waals surface area contributed by atoms with Crippen molar-refractivity contribution in [2.24, 2.45) is 0 Å². The van der Waals surface area contributed by atoms with E-state index >= 15 is 0 Å². The van der Waals surface area contributed by atoms with Gasteiger partial charge in [-0.15, -0.1) is 0 Å². The van der Waals surface area contributed by atoms with E-state index in [9.17, 15) is 14.4 Å². The number of aryl methyl sites for hydroxylation is 1. The van der Waals surface area contributed by atoms with E-state index in [0.717, 1.165) is 17.7 Å². The van der Waals surface area contributed by atoms with Gasteiger partial charge in [-0.2, -0.15) is 0 Å². The molecule has 0 radical (unpaired) electrons. The zero-order valence-electron chi connectivity index (χ0n) is 20.4. The monoisotopic (exact) mass is 487 g/mol. The molecule has 0 unspecified atom stereocenters. The number of carbonyl (C=O) groups excluding carboxylic acids is 3. The fraction of sp³-hybridized carbons (Fsp3) is 0.250. The summed E-state index contributed by atoms with van der Waals surface area (Å²) >= 11 is 0. The largest absolute Gasteiger partial charge is 0.492 e.